The SMILES string of the molecule is CCN(CC)CCNC(=O)c1c(C)[nH]c(/C=C2\C(=O)Nc3ccc(-c4cnn(-c5ncccn5)c4)cc32)c1C. The molecule has 200 valence electrons. The van der Waals surface area contributed by atoms with Gasteiger partial charge in [0.25, 0.3) is 11.8 Å². The summed E-state index contributed by atoms with van der Waals surface area (Å²) in [5.74, 6) is 0.177. The van der Waals surface area contributed by atoms with E-state index in [2.05, 4.69) is 49.4 Å². The fourth-order valence-corrected chi connectivity index (χ4v) is 4.86. The number of benzene rings is 1. The molecule has 0 spiro atoms. The third kappa shape index (κ3) is 5.23. The number of fused-ring (bicyclic) bond motifs is 1. The Bertz CT molecular complexity index is 1550. The van der Waals surface area contributed by atoms with Crippen molar-refractivity contribution < 1.29 is 9.59 Å². The van der Waals surface area contributed by atoms with Crippen molar-refractivity contribution in [2.45, 2.75) is 27.7 Å². The van der Waals surface area contributed by atoms with Crippen molar-refractivity contribution in [2.24, 2.45) is 0 Å². The molecule has 1 aliphatic rings. The number of hydrogen-bond acceptors (Lipinski definition) is 6. The first-order chi connectivity index (χ1) is 18.9. The van der Waals surface area contributed by atoms with Gasteiger partial charge in [-0.25, -0.2) is 14.6 Å². The highest BCUT2D eigenvalue weighted by atomic mass is 16.2. The number of anilines is 1. The predicted octanol–water partition coefficient (Wildman–Crippen LogP) is 3.84. The zero-order valence-corrected chi connectivity index (χ0v) is 22.6. The van der Waals surface area contributed by atoms with Crippen LogP contribution in [-0.2, 0) is 4.79 Å². The van der Waals surface area contributed by atoms with Gasteiger partial charge in [-0.2, -0.15) is 5.10 Å². The summed E-state index contributed by atoms with van der Waals surface area (Å²) in [4.78, 5) is 40.0. The monoisotopic (exact) mass is 524 g/mol. The summed E-state index contributed by atoms with van der Waals surface area (Å²) in [6.45, 7) is 11.3. The zero-order valence-electron chi connectivity index (χ0n) is 22.6. The number of rotatable bonds is 9. The molecule has 0 unspecified atom stereocenters. The van der Waals surface area contributed by atoms with E-state index in [1.54, 1.807) is 29.3 Å². The largest absolute Gasteiger partial charge is 0.358 e. The molecule has 2 amide bonds. The summed E-state index contributed by atoms with van der Waals surface area (Å²) in [7, 11) is 0. The Kier molecular flexibility index (Phi) is 7.38. The Morgan fingerprint density at radius 1 is 1.13 bits per heavy atom. The van der Waals surface area contributed by atoms with Crippen LogP contribution in [0, 0.1) is 13.8 Å². The molecule has 4 heterocycles. The number of amides is 2. The van der Waals surface area contributed by atoms with E-state index in [1.807, 2.05) is 44.3 Å². The molecule has 4 aromatic rings. The molecule has 1 aliphatic heterocycles. The number of H-pyrrole nitrogens is 1. The lowest BCUT2D eigenvalue weighted by atomic mass is 10.00. The molecule has 0 aliphatic carbocycles. The number of carbonyl (C=O) groups excluding carboxylic acids is 2. The van der Waals surface area contributed by atoms with Gasteiger partial charge in [0.05, 0.1) is 17.3 Å². The van der Waals surface area contributed by atoms with Crippen LogP contribution in [0.25, 0.3) is 28.7 Å². The third-order valence-corrected chi connectivity index (χ3v) is 7.08. The summed E-state index contributed by atoms with van der Waals surface area (Å²) >= 11 is 0. The lowest BCUT2D eigenvalue weighted by molar-refractivity contribution is -0.110. The highest BCUT2D eigenvalue weighted by molar-refractivity contribution is 6.35. The number of aromatic nitrogens is 5. The van der Waals surface area contributed by atoms with E-state index in [0.717, 1.165) is 59.0 Å². The second-order valence-corrected chi connectivity index (χ2v) is 9.44. The van der Waals surface area contributed by atoms with E-state index in [0.29, 0.717) is 23.6 Å². The van der Waals surface area contributed by atoms with Crippen molar-refractivity contribution in [2.75, 3.05) is 31.5 Å². The van der Waals surface area contributed by atoms with Crippen molar-refractivity contribution in [3.63, 3.8) is 0 Å². The molecular weight excluding hydrogens is 492 g/mol. The molecule has 0 saturated carbocycles. The molecule has 10 nitrogen and oxygen atoms in total. The number of nitrogens with zero attached hydrogens (tertiary/aromatic N) is 5. The lowest BCUT2D eigenvalue weighted by Gasteiger charge is -2.18. The summed E-state index contributed by atoms with van der Waals surface area (Å²) in [6, 6.07) is 7.56. The smallest absolute Gasteiger partial charge is 0.256 e. The van der Waals surface area contributed by atoms with Crippen molar-refractivity contribution in [3.05, 3.63) is 77.1 Å². The molecule has 5 rings (SSSR count). The molecule has 0 fully saturated rings. The van der Waals surface area contributed by atoms with E-state index in [9.17, 15) is 9.59 Å². The first kappa shape index (κ1) is 26.1. The molecule has 10 heteroatoms. The number of likely N-dealkylation sites (N-methyl/N-ethyl adjacent to an activating group) is 1. The fourth-order valence-electron chi connectivity index (χ4n) is 4.86. The minimum Gasteiger partial charge on any atom is -0.358 e. The van der Waals surface area contributed by atoms with E-state index in [1.165, 1.54) is 0 Å². The van der Waals surface area contributed by atoms with Crippen molar-refractivity contribution in [3.8, 4) is 17.1 Å². The molecule has 0 atom stereocenters. The van der Waals surface area contributed by atoms with Gasteiger partial charge in [0.1, 0.15) is 0 Å². The summed E-state index contributed by atoms with van der Waals surface area (Å²) in [5.41, 5.74) is 6.77. The fraction of sp³-hybridized carbons (Fsp3) is 0.276. The number of hydrogen-bond donors (Lipinski definition) is 3. The van der Waals surface area contributed by atoms with E-state index >= 15 is 0 Å². The van der Waals surface area contributed by atoms with Crippen LogP contribution in [0.4, 0.5) is 5.69 Å². The van der Waals surface area contributed by atoms with Gasteiger partial charge in [-0.15, -0.1) is 0 Å². The first-order valence-electron chi connectivity index (χ1n) is 13.1. The Morgan fingerprint density at radius 2 is 1.90 bits per heavy atom. The first-order valence-corrected chi connectivity index (χ1v) is 13.1. The maximum Gasteiger partial charge on any atom is 0.256 e. The van der Waals surface area contributed by atoms with Crippen LogP contribution in [0.15, 0.2) is 49.1 Å². The second-order valence-electron chi connectivity index (χ2n) is 9.44. The highest BCUT2D eigenvalue weighted by Gasteiger charge is 2.26. The lowest BCUT2D eigenvalue weighted by Crippen LogP contribution is -2.35. The summed E-state index contributed by atoms with van der Waals surface area (Å²) < 4.78 is 1.61. The van der Waals surface area contributed by atoms with Gasteiger partial charge < -0.3 is 20.5 Å². The zero-order chi connectivity index (χ0) is 27.5. The molecular formula is C29H32N8O2. The predicted molar refractivity (Wildman–Crippen MR) is 151 cm³/mol. The standard InChI is InChI=1S/C29H32N8O2/c1-5-36(6-2)13-12-30-28(39)26-18(3)25(34-19(26)4)15-23-22-14-20(8-9-24(22)35-27(23)38)21-16-33-37(17-21)29-31-10-7-11-32-29/h7-11,14-17,34H,5-6,12-13H2,1-4H3,(H,30,39)(H,35,38)/b23-15-. The van der Waals surface area contributed by atoms with Gasteiger partial charge in [0.15, 0.2) is 0 Å². The maximum atomic E-state index is 13.0. The number of nitrogens with one attached hydrogen (secondary N) is 3. The van der Waals surface area contributed by atoms with E-state index < -0.39 is 0 Å². The average molecular weight is 525 g/mol. The van der Waals surface area contributed by atoms with Gasteiger partial charge in [0.2, 0.25) is 5.95 Å². The summed E-state index contributed by atoms with van der Waals surface area (Å²) in [5, 5.41) is 10.4. The second kappa shape index (κ2) is 11.0. The number of carbonyl (C=O) groups is 2. The molecule has 0 saturated heterocycles. The van der Waals surface area contributed by atoms with E-state index in [4.69, 9.17) is 0 Å². The minimum absolute atomic E-state index is 0.115. The average Bonchev–Trinajstić information content (AvgIpc) is 3.63. The normalized spacial score (nSPS) is 13.7. The Labute approximate surface area is 227 Å². The summed E-state index contributed by atoms with van der Waals surface area (Å²) in [6.07, 6.45) is 8.75. The van der Waals surface area contributed by atoms with E-state index in [-0.39, 0.29) is 11.8 Å². The molecule has 0 bridgehead atoms. The van der Waals surface area contributed by atoms with Crippen molar-refractivity contribution in [1.82, 2.24) is 34.9 Å². The highest BCUT2D eigenvalue weighted by Crippen LogP contribution is 2.37. The van der Waals surface area contributed by atoms with Crippen LogP contribution in [0.5, 0.6) is 0 Å². The van der Waals surface area contributed by atoms with Gasteiger partial charge in [-0.05, 0) is 62.3 Å². The molecule has 0 radical (unpaired) electrons. The van der Waals surface area contributed by atoms with Gasteiger partial charge in [-0.1, -0.05) is 19.9 Å². The maximum absolute atomic E-state index is 13.0. The topological polar surface area (TPSA) is 121 Å². The quantitative estimate of drug-likeness (QED) is 0.286. The van der Waals surface area contributed by atoms with Gasteiger partial charge >= 0.3 is 0 Å². The molecule has 3 aromatic heterocycles. The van der Waals surface area contributed by atoms with Gasteiger partial charge in [0, 0.05) is 59.9 Å². The Hall–Kier alpha value is -4.57. The number of aromatic amines is 1. The van der Waals surface area contributed by atoms with Crippen LogP contribution in [0.2, 0.25) is 0 Å². The van der Waals surface area contributed by atoms with Crippen LogP contribution in [0.1, 0.15) is 46.7 Å². The number of aryl methyl sites for hydroxylation is 1. The van der Waals surface area contributed by atoms with Crippen LogP contribution in [-0.4, -0.2) is 67.6 Å². The minimum atomic E-state index is -0.188. The Balaban J connectivity index is 1.41. The Morgan fingerprint density at radius 3 is 2.64 bits per heavy atom. The van der Waals surface area contributed by atoms with Crippen LogP contribution in [0.3, 0.4) is 0 Å². The van der Waals surface area contributed by atoms with Crippen LogP contribution >= 0.6 is 0 Å². The molecule has 39 heavy (non-hydrogen) atoms. The molecule has 3 N–H and O–H groups in total. The molecule has 1 aromatic carbocycles. The van der Waals surface area contributed by atoms with Crippen molar-refractivity contribution in [1.29, 1.82) is 0 Å². The van der Waals surface area contributed by atoms with Gasteiger partial charge in [-0.3, -0.25) is 9.59 Å². The van der Waals surface area contributed by atoms with Crippen molar-refractivity contribution >= 4 is 29.2 Å². The third-order valence-electron chi connectivity index (χ3n) is 7.08. The van der Waals surface area contributed by atoms with Crippen LogP contribution < -0.4 is 10.6 Å².